The van der Waals surface area contributed by atoms with Gasteiger partial charge in [0.25, 0.3) is 5.91 Å². The Balaban J connectivity index is 2.09. The fourth-order valence-corrected chi connectivity index (χ4v) is 3.55. The molecule has 1 atom stereocenters. The summed E-state index contributed by atoms with van der Waals surface area (Å²) in [6.45, 7) is 2.57. The molecule has 0 radical (unpaired) electrons. The first-order valence-corrected chi connectivity index (χ1v) is 14.0. The third kappa shape index (κ3) is 19.1. The van der Waals surface area contributed by atoms with E-state index in [0.29, 0.717) is 44.2 Å². The smallest absolute Gasteiger partial charge is 0.326 e. The highest BCUT2D eigenvalue weighted by Gasteiger charge is 2.19. The van der Waals surface area contributed by atoms with Gasteiger partial charge in [0.1, 0.15) is 6.04 Å². The van der Waals surface area contributed by atoms with Crippen LogP contribution in [0.3, 0.4) is 0 Å². The number of unbranched alkanes of at least 4 members (excludes halogenated alkanes) is 2. The lowest BCUT2D eigenvalue weighted by Gasteiger charge is -2.14. The Labute approximate surface area is 233 Å². The zero-order valence-corrected chi connectivity index (χ0v) is 23.3. The number of hydrogen-bond acceptors (Lipinski definition) is 4. The predicted molar refractivity (Wildman–Crippen MR) is 158 cm³/mol. The lowest BCUT2D eigenvalue weighted by molar-refractivity contribution is -0.142. The van der Waals surface area contributed by atoms with Crippen LogP contribution < -0.4 is 10.6 Å². The number of carboxylic acid groups (broad SMARTS) is 1. The summed E-state index contributed by atoms with van der Waals surface area (Å²) in [5.41, 5.74) is 0.484. The van der Waals surface area contributed by atoms with E-state index in [4.69, 9.17) is 0 Å². The number of carboxylic acids is 1. The average molecular weight is 536 g/mol. The molecule has 3 N–H and O–H groups in total. The van der Waals surface area contributed by atoms with Crippen LogP contribution in [0.4, 0.5) is 0 Å². The summed E-state index contributed by atoms with van der Waals surface area (Å²) in [6.07, 6.45) is 32.6. The fourth-order valence-electron chi connectivity index (χ4n) is 3.55. The SMILES string of the molecule is CCC=CCC=CCC=CCC=CCC=CCCCC(=O)N[C@@H](CCCCNC(=O)c1cccnc1)C(=O)O. The number of hydrogen-bond donors (Lipinski definition) is 3. The molecular formula is C32H45N3O4. The number of nitrogens with one attached hydrogen (secondary N) is 2. The molecule has 2 amide bonds. The van der Waals surface area contributed by atoms with Crippen molar-refractivity contribution < 1.29 is 19.5 Å². The Morgan fingerprint density at radius 3 is 2.05 bits per heavy atom. The Morgan fingerprint density at radius 2 is 1.49 bits per heavy atom. The van der Waals surface area contributed by atoms with E-state index in [0.717, 1.165) is 38.5 Å². The third-order valence-electron chi connectivity index (χ3n) is 5.69. The van der Waals surface area contributed by atoms with Crippen molar-refractivity contribution in [1.29, 1.82) is 0 Å². The van der Waals surface area contributed by atoms with Gasteiger partial charge in [-0.3, -0.25) is 14.6 Å². The number of nitrogens with zero attached hydrogens (tertiary/aromatic N) is 1. The van der Waals surface area contributed by atoms with Gasteiger partial charge >= 0.3 is 5.97 Å². The second-order valence-electron chi connectivity index (χ2n) is 9.05. The standard InChI is InChI=1S/C32H45N3O4/c1-2-3-4-5-6-7-8-9-10-11-12-13-14-15-16-17-18-24-30(36)35-29(32(38)39)23-19-20-26-34-31(37)28-22-21-25-33-27-28/h3-4,6-7,9-10,12-13,15-16,21-22,25,27,29H,2,5,8,11,14,17-20,23-24,26H2,1H3,(H,34,37)(H,35,36)(H,38,39)/t29-/m0/s1. The van der Waals surface area contributed by atoms with Gasteiger partial charge in [0, 0.05) is 25.4 Å². The normalized spacial score (nSPS) is 12.7. The molecule has 0 saturated carbocycles. The number of allylic oxidation sites excluding steroid dienone is 10. The number of pyridine rings is 1. The van der Waals surface area contributed by atoms with Crippen LogP contribution in [0.25, 0.3) is 0 Å². The number of carbonyl (C=O) groups is 3. The second-order valence-corrected chi connectivity index (χ2v) is 9.05. The summed E-state index contributed by atoms with van der Waals surface area (Å²) < 4.78 is 0. The maximum Gasteiger partial charge on any atom is 0.326 e. The summed E-state index contributed by atoms with van der Waals surface area (Å²) in [5.74, 6) is -1.50. The van der Waals surface area contributed by atoms with Crippen LogP contribution in [-0.4, -0.2) is 40.5 Å². The number of amides is 2. The quantitative estimate of drug-likeness (QED) is 0.123. The monoisotopic (exact) mass is 535 g/mol. The van der Waals surface area contributed by atoms with Crippen LogP contribution in [0, 0.1) is 0 Å². The van der Waals surface area contributed by atoms with Gasteiger partial charge in [-0.2, -0.15) is 0 Å². The summed E-state index contributed by atoms with van der Waals surface area (Å²) in [5, 5.41) is 14.8. The Hall–Kier alpha value is -3.74. The van der Waals surface area contributed by atoms with E-state index in [2.05, 4.69) is 83.3 Å². The summed E-state index contributed by atoms with van der Waals surface area (Å²) in [4.78, 5) is 39.6. The van der Waals surface area contributed by atoms with Crippen molar-refractivity contribution in [3.63, 3.8) is 0 Å². The molecule has 39 heavy (non-hydrogen) atoms. The first-order valence-electron chi connectivity index (χ1n) is 14.0. The molecule has 0 bridgehead atoms. The largest absolute Gasteiger partial charge is 0.480 e. The Bertz CT molecular complexity index is 965. The van der Waals surface area contributed by atoms with Gasteiger partial charge in [-0.1, -0.05) is 67.7 Å². The topological polar surface area (TPSA) is 108 Å². The minimum atomic E-state index is -1.04. The van der Waals surface area contributed by atoms with Gasteiger partial charge in [-0.05, 0) is 76.3 Å². The molecule has 1 aromatic rings. The molecule has 1 heterocycles. The average Bonchev–Trinajstić information content (AvgIpc) is 2.94. The zero-order valence-electron chi connectivity index (χ0n) is 23.3. The Morgan fingerprint density at radius 1 is 0.872 bits per heavy atom. The van der Waals surface area contributed by atoms with E-state index >= 15 is 0 Å². The molecule has 0 fully saturated rings. The fraction of sp³-hybridized carbons (Fsp3) is 0.438. The summed E-state index contributed by atoms with van der Waals surface area (Å²) in [7, 11) is 0. The maximum atomic E-state index is 12.2. The van der Waals surface area contributed by atoms with E-state index in [9.17, 15) is 19.5 Å². The lowest BCUT2D eigenvalue weighted by Crippen LogP contribution is -2.40. The van der Waals surface area contributed by atoms with E-state index in [-0.39, 0.29) is 11.8 Å². The van der Waals surface area contributed by atoms with Crippen molar-refractivity contribution >= 4 is 17.8 Å². The van der Waals surface area contributed by atoms with Gasteiger partial charge in [0.15, 0.2) is 0 Å². The molecule has 7 nitrogen and oxygen atoms in total. The minimum absolute atomic E-state index is 0.210. The van der Waals surface area contributed by atoms with Crippen molar-refractivity contribution in [2.45, 2.75) is 83.6 Å². The molecule has 0 aliphatic heterocycles. The molecule has 212 valence electrons. The van der Waals surface area contributed by atoms with Crippen LogP contribution >= 0.6 is 0 Å². The predicted octanol–water partition coefficient (Wildman–Crippen LogP) is 6.47. The van der Waals surface area contributed by atoms with E-state index in [1.54, 1.807) is 18.3 Å². The van der Waals surface area contributed by atoms with E-state index < -0.39 is 12.0 Å². The summed E-state index contributed by atoms with van der Waals surface area (Å²) in [6, 6.07) is 2.46. The van der Waals surface area contributed by atoms with Crippen LogP contribution in [0.1, 0.15) is 87.9 Å². The van der Waals surface area contributed by atoms with Gasteiger partial charge in [-0.25, -0.2) is 4.79 Å². The molecule has 7 heteroatoms. The third-order valence-corrected chi connectivity index (χ3v) is 5.69. The van der Waals surface area contributed by atoms with Crippen LogP contribution in [0.2, 0.25) is 0 Å². The molecule has 0 saturated heterocycles. The summed E-state index contributed by atoms with van der Waals surface area (Å²) >= 11 is 0. The first kappa shape index (κ1) is 33.3. The van der Waals surface area contributed by atoms with Gasteiger partial charge < -0.3 is 15.7 Å². The second kappa shape index (κ2) is 23.4. The van der Waals surface area contributed by atoms with Crippen molar-refractivity contribution in [2.24, 2.45) is 0 Å². The van der Waals surface area contributed by atoms with Crippen molar-refractivity contribution in [3.05, 3.63) is 90.9 Å². The van der Waals surface area contributed by atoms with Crippen LogP contribution in [-0.2, 0) is 9.59 Å². The van der Waals surface area contributed by atoms with Gasteiger partial charge in [0.2, 0.25) is 5.91 Å². The molecule has 1 rings (SSSR count). The molecule has 0 spiro atoms. The zero-order chi connectivity index (χ0) is 28.4. The number of aromatic nitrogens is 1. The van der Waals surface area contributed by atoms with Crippen molar-refractivity contribution in [3.8, 4) is 0 Å². The number of carbonyl (C=O) groups excluding carboxylic acids is 2. The highest BCUT2D eigenvalue weighted by atomic mass is 16.4. The van der Waals surface area contributed by atoms with E-state index in [1.165, 1.54) is 6.20 Å². The Kier molecular flexibility index (Phi) is 20.0. The molecule has 0 aromatic carbocycles. The van der Waals surface area contributed by atoms with Crippen molar-refractivity contribution in [2.75, 3.05) is 6.54 Å². The van der Waals surface area contributed by atoms with Crippen LogP contribution in [0.15, 0.2) is 85.3 Å². The molecule has 0 aliphatic carbocycles. The van der Waals surface area contributed by atoms with Gasteiger partial charge in [-0.15, -0.1) is 0 Å². The number of rotatable bonds is 21. The molecule has 0 unspecified atom stereocenters. The first-order chi connectivity index (χ1) is 19.0. The van der Waals surface area contributed by atoms with Gasteiger partial charge in [0.05, 0.1) is 5.56 Å². The highest BCUT2D eigenvalue weighted by Crippen LogP contribution is 2.05. The molecule has 0 aliphatic rings. The highest BCUT2D eigenvalue weighted by molar-refractivity contribution is 5.93. The van der Waals surface area contributed by atoms with Crippen molar-refractivity contribution in [1.82, 2.24) is 15.6 Å². The van der Waals surface area contributed by atoms with E-state index in [1.807, 2.05) is 0 Å². The van der Waals surface area contributed by atoms with Crippen LogP contribution in [0.5, 0.6) is 0 Å². The minimum Gasteiger partial charge on any atom is -0.480 e. The molecular weight excluding hydrogens is 490 g/mol. The number of aliphatic carboxylic acids is 1. The lowest BCUT2D eigenvalue weighted by atomic mass is 10.1. The molecule has 1 aromatic heterocycles. The maximum absolute atomic E-state index is 12.2.